The second kappa shape index (κ2) is 12.7. The lowest BCUT2D eigenvalue weighted by Crippen LogP contribution is -2.30. The first-order chi connectivity index (χ1) is 18.0. The lowest BCUT2D eigenvalue weighted by atomic mass is 10.1. The van der Waals surface area contributed by atoms with E-state index in [-0.39, 0.29) is 23.3 Å². The molecule has 0 aliphatic rings. The summed E-state index contributed by atoms with van der Waals surface area (Å²) >= 11 is 2.72. The van der Waals surface area contributed by atoms with Crippen molar-refractivity contribution in [2.24, 2.45) is 0 Å². The highest BCUT2D eigenvalue weighted by Gasteiger charge is 2.15. The number of carbonyl (C=O) groups is 3. The number of hydrogen-bond acceptors (Lipinski definition) is 6. The molecule has 4 rings (SSSR count). The number of amides is 3. The molecule has 0 unspecified atom stereocenters. The third kappa shape index (κ3) is 7.89. The number of thiazole rings is 1. The van der Waals surface area contributed by atoms with Gasteiger partial charge in [-0.15, -0.1) is 23.1 Å². The predicted octanol–water partition coefficient (Wildman–Crippen LogP) is 5.59. The molecule has 3 amide bonds. The molecule has 1 aromatic heterocycles. The van der Waals surface area contributed by atoms with Gasteiger partial charge in [0.25, 0.3) is 11.8 Å². The number of benzene rings is 3. The van der Waals surface area contributed by atoms with Gasteiger partial charge in [-0.05, 0) is 48.9 Å². The standard InChI is InChI=1S/C28H24N4O3S2/c1-19-17-37-28(29-19)32-25(33)18-36-23-14-8-13-22(16-23)30-27(35)24(15-20-9-4-2-5-10-20)31-26(34)21-11-6-3-7-12-21/h2-17H,18H2,1H3,(H,30,35)(H,31,34)(H,29,32,33)/b24-15-. The summed E-state index contributed by atoms with van der Waals surface area (Å²) in [6.45, 7) is 1.87. The number of nitrogens with one attached hydrogen (secondary N) is 3. The number of aryl methyl sites for hydroxylation is 1. The van der Waals surface area contributed by atoms with Crippen LogP contribution in [-0.2, 0) is 9.59 Å². The minimum Gasteiger partial charge on any atom is -0.321 e. The van der Waals surface area contributed by atoms with Crippen LogP contribution in [0.25, 0.3) is 6.08 Å². The molecular formula is C28H24N4O3S2. The maximum atomic E-state index is 13.2. The van der Waals surface area contributed by atoms with Crippen molar-refractivity contribution >= 4 is 57.7 Å². The largest absolute Gasteiger partial charge is 0.321 e. The summed E-state index contributed by atoms with van der Waals surface area (Å²) < 4.78 is 0. The van der Waals surface area contributed by atoms with Gasteiger partial charge in [0.1, 0.15) is 5.70 Å². The van der Waals surface area contributed by atoms with Gasteiger partial charge in [-0.3, -0.25) is 14.4 Å². The highest BCUT2D eigenvalue weighted by atomic mass is 32.2. The molecule has 0 aliphatic heterocycles. The SMILES string of the molecule is Cc1csc(NC(=O)CSc2cccc(NC(=O)/C(=C/c3ccccc3)NC(=O)c3ccccc3)c2)n1. The van der Waals surface area contributed by atoms with E-state index in [0.29, 0.717) is 16.4 Å². The average Bonchev–Trinajstić information content (AvgIpc) is 3.32. The Kier molecular flexibility index (Phi) is 8.85. The third-order valence-electron chi connectivity index (χ3n) is 4.97. The van der Waals surface area contributed by atoms with E-state index in [1.807, 2.05) is 54.8 Å². The fraction of sp³-hybridized carbons (Fsp3) is 0.0714. The number of anilines is 2. The normalized spacial score (nSPS) is 11.0. The summed E-state index contributed by atoms with van der Waals surface area (Å²) in [5, 5.41) is 10.8. The number of carbonyl (C=O) groups excluding carboxylic acids is 3. The molecule has 0 saturated heterocycles. The van der Waals surface area contributed by atoms with Gasteiger partial charge in [0.05, 0.1) is 11.4 Å². The van der Waals surface area contributed by atoms with Crippen molar-refractivity contribution in [1.82, 2.24) is 10.3 Å². The van der Waals surface area contributed by atoms with E-state index in [1.165, 1.54) is 23.1 Å². The Labute approximate surface area is 223 Å². The van der Waals surface area contributed by atoms with Gasteiger partial charge in [-0.1, -0.05) is 54.6 Å². The Bertz CT molecular complexity index is 1420. The van der Waals surface area contributed by atoms with E-state index in [0.717, 1.165) is 16.2 Å². The average molecular weight is 529 g/mol. The van der Waals surface area contributed by atoms with Crippen molar-refractivity contribution in [3.8, 4) is 0 Å². The van der Waals surface area contributed by atoms with Crippen molar-refractivity contribution in [2.45, 2.75) is 11.8 Å². The number of hydrogen-bond donors (Lipinski definition) is 3. The second-order valence-corrected chi connectivity index (χ2v) is 9.81. The van der Waals surface area contributed by atoms with E-state index < -0.39 is 5.91 Å². The first-order valence-corrected chi connectivity index (χ1v) is 13.2. The maximum absolute atomic E-state index is 13.2. The van der Waals surface area contributed by atoms with Crippen molar-refractivity contribution in [2.75, 3.05) is 16.4 Å². The van der Waals surface area contributed by atoms with Crippen LogP contribution in [-0.4, -0.2) is 28.5 Å². The Morgan fingerprint density at radius 3 is 2.35 bits per heavy atom. The minimum absolute atomic E-state index is 0.108. The third-order valence-corrected chi connectivity index (χ3v) is 6.84. The van der Waals surface area contributed by atoms with Crippen LogP contribution >= 0.6 is 23.1 Å². The number of rotatable bonds is 9. The van der Waals surface area contributed by atoms with E-state index in [9.17, 15) is 14.4 Å². The van der Waals surface area contributed by atoms with Gasteiger partial charge in [0, 0.05) is 21.5 Å². The number of aromatic nitrogens is 1. The van der Waals surface area contributed by atoms with E-state index >= 15 is 0 Å². The van der Waals surface area contributed by atoms with Crippen LogP contribution in [0.15, 0.2) is 101 Å². The van der Waals surface area contributed by atoms with Crippen LogP contribution in [0.2, 0.25) is 0 Å². The topological polar surface area (TPSA) is 100 Å². The molecule has 0 atom stereocenters. The summed E-state index contributed by atoms with van der Waals surface area (Å²) in [6, 6.07) is 25.2. The number of thioether (sulfide) groups is 1. The summed E-state index contributed by atoms with van der Waals surface area (Å²) in [4.78, 5) is 43.3. The molecule has 37 heavy (non-hydrogen) atoms. The molecule has 0 saturated carbocycles. The van der Waals surface area contributed by atoms with E-state index in [4.69, 9.17) is 0 Å². The van der Waals surface area contributed by atoms with Crippen LogP contribution in [0.4, 0.5) is 10.8 Å². The van der Waals surface area contributed by atoms with E-state index in [2.05, 4.69) is 20.9 Å². The summed E-state index contributed by atoms with van der Waals surface area (Å²) in [5.74, 6) is -0.816. The van der Waals surface area contributed by atoms with Crippen LogP contribution in [0, 0.1) is 6.92 Å². The fourth-order valence-electron chi connectivity index (χ4n) is 3.24. The first kappa shape index (κ1) is 25.9. The van der Waals surface area contributed by atoms with Gasteiger partial charge >= 0.3 is 0 Å². The molecule has 3 N–H and O–H groups in total. The zero-order chi connectivity index (χ0) is 26.0. The smallest absolute Gasteiger partial charge is 0.272 e. The Morgan fingerprint density at radius 1 is 0.919 bits per heavy atom. The van der Waals surface area contributed by atoms with E-state index in [1.54, 1.807) is 48.5 Å². The van der Waals surface area contributed by atoms with Crippen LogP contribution < -0.4 is 16.0 Å². The molecule has 0 aliphatic carbocycles. The molecule has 4 aromatic rings. The van der Waals surface area contributed by atoms with Crippen molar-refractivity contribution in [3.05, 3.63) is 113 Å². The zero-order valence-corrected chi connectivity index (χ0v) is 21.6. The lowest BCUT2D eigenvalue weighted by Gasteiger charge is -2.12. The molecule has 0 spiro atoms. The highest BCUT2D eigenvalue weighted by Crippen LogP contribution is 2.23. The Hall–Kier alpha value is -4.21. The van der Waals surface area contributed by atoms with Gasteiger partial charge in [-0.25, -0.2) is 4.98 Å². The van der Waals surface area contributed by atoms with Gasteiger partial charge in [-0.2, -0.15) is 0 Å². The lowest BCUT2D eigenvalue weighted by molar-refractivity contribution is -0.114. The molecule has 0 bridgehead atoms. The highest BCUT2D eigenvalue weighted by molar-refractivity contribution is 8.00. The van der Waals surface area contributed by atoms with Crippen LogP contribution in [0.1, 0.15) is 21.6 Å². The summed E-state index contributed by atoms with van der Waals surface area (Å²) in [6.07, 6.45) is 1.62. The molecule has 0 radical (unpaired) electrons. The Balaban J connectivity index is 1.43. The van der Waals surface area contributed by atoms with Crippen LogP contribution in [0.5, 0.6) is 0 Å². The molecule has 0 fully saturated rings. The molecule has 7 nitrogen and oxygen atoms in total. The monoisotopic (exact) mass is 528 g/mol. The quantitative estimate of drug-likeness (QED) is 0.194. The second-order valence-electron chi connectivity index (χ2n) is 7.90. The minimum atomic E-state index is -0.466. The fourth-order valence-corrected chi connectivity index (χ4v) is 4.70. The molecule has 1 heterocycles. The first-order valence-electron chi connectivity index (χ1n) is 11.4. The van der Waals surface area contributed by atoms with Crippen molar-refractivity contribution < 1.29 is 14.4 Å². The van der Waals surface area contributed by atoms with Crippen molar-refractivity contribution in [1.29, 1.82) is 0 Å². The summed E-state index contributed by atoms with van der Waals surface area (Å²) in [5.41, 5.74) is 2.72. The Morgan fingerprint density at radius 2 is 1.65 bits per heavy atom. The number of nitrogens with zero attached hydrogens (tertiary/aromatic N) is 1. The van der Waals surface area contributed by atoms with Gasteiger partial charge in [0.2, 0.25) is 5.91 Å². The summed E-state index contributed by atoms with van der Waals surface area (Å²) in [7, 11) is 0. The van der Waals surface area contributed by atoms with Gasteiger partial charge < -0.3 is 16.0 Å². The predicted molar refractivity (Wildman–Crippen MR) is 150 cm³/mol. The molecule has 3 aromatic carbocycles. The zero-order valence-electron chi connectivity index (χ0n) is 19.9. The molecular weight excluding hydrogens is 504 g/mol. The van der Waals surface area contributed by atoms with Crippen molar-refractivity contribution in [3.63, 3.8) is 0 Å². The van der Waals surface area contributed by atoms with Crippen LogP contribution in [0.3, 0.4) is 0 Å². The molecule has 9 heteroatoms. The maximum Gasteiger partial charge on any atom is 0.272 e. The van der Waals surface area contributed by atoms with Gasteiger partial charge in [0.15, 0.2) is 5.13 Å². The molecule has 186 valence electrons.